The number of likely N-dealkylation sites (tertiary alicyclic amines) is 1. The molecule has 1 saturated carbocycles. The second-order valence-corrected chi connectivity index (χ2v) is 9.19. The second kappa shape index (κ2) is 8.14. The van der Waals surface area contributed by atoms with E-state index in [1.165, 1.54) is 12.1 Å². The maximum absolute atomic E-state index is 14.4. The zero-order valence-electron chi connectivity index (χ0n) is 17.0. The van der Waals surface area contributed by atoms with Crippen molar-refractivity contribution >= 4 is 6.09 Å². The van der Waals surface area contributed by atoms with Crippen LogP contribution in [0.15, 0.2) is 24.3 Å². The quantitative estimate of drug-likeness (QED) is 0.792. The highest BCUT2D eigenvalue weighted by atomic mass is 19.3. The molecule has 1 aliphatic carbocycles. The Kier molecular flexibility index (Phi) is 6.15. The van der Waals surface area contributed by atoms with Gasteiger partial charge in [0, 0.05) is 19.0 Å². The smallest absolute Gasteiger partial charge is 0.407 e. The summed E-state index contributed by atoms with van der Waals surface area (Å²) in [7, 11) is 0. The maximum Gasteiger partial charge on any atom is 0.407 e. The molecule has 8 heteroatoms. The number of hydrogen-bond donors (Lipinski definition) is 2. The van der Waals surface area contributed by atoms with Crippen LogP contribution in [0.25, 0.3) is 0 Å². The molecule has 0 radical (unpaired) electrons. The van der Waals surface area contributed by atoms with Gasteiger partial charge in [-0.1, -0.05) is 12.1 Å². The van der Waals surface area contributed by atoms with Crippen LogP contribution in [0.5, 0.6) is 0 Å². The van der Waals surface area contributed by atoms with E-state index in [2.05, 4.69) is 5.32 Å². The predicted octanol–water partition coefficient (Wildman–Crippen LogP) is 3.67. The highest BCUT2D eigenvalue weighted by molar-refractivity contribution is 5.68. The number of carbonyl (C=O) groups excluding carboxylic acids is 1. The van der Waals surface area contributed by atoms with Gasteiger partial charge in [-0.25, -0.2) is 18.0 Å². The van der Waals surface area contributed by atoms with Crippen LogP contribution in [-0.2, 0) is 4.74 Å². The fourth-order valence-corrected chi connectivity index (χ4v) is 4.35. The van der Waals surface area contributed by atoms with Crippen molar-refractivity contribution in [2.24, 2.45) is 0 Å². The number of hydrogen-bond acceptors (Lipinski definition) is 4. The summed E-state index contributed by atoms with van der Waals surface area (Å²) >= 11 is 0. The average molecular weight is 414 g/mol. The normalized spacial score (nSPS) is 30.2. The van der Waals surface area contributed by atoms with Crippen LogP contribution < -0.4 is 5.32 Å². The number of ether oxygens (including phenoxy) is 1. The number of rotatable bonds is 3. The first-order chi connectivity index (χ1) is 13.4. The summed E-state index contributed by atoms with van der Waals surface area (Å²) in [5.41, 5.74) is 0.172. The van der Waals surface area contributed by atoms with E-state index in [0.29, 0.717) is 12.8 Å². The molecule has 29 heavy (non-hydrogen) atoms. The monoisotopic (exact) mass is 414 g/mol. The maximum atomic E-state index is 14.4. The van der Waals surface area contributed by atoms with Crippen LogP contribution in [0.2, 0.25) is 0 Å². The van der Waals surface area contributed by atoms with E-state index in [4.69, 9.17) is 4.74 Å². The minimum atomic E-state index is -2.98. The van der Waals surface area contributed by atoms with E-state index >= 15 is 0 Å². The lowest BCUT2D eigenvalue weighted by Gasteiger charge is -2.41. The number of nitrogens with one attached hydrogen (secondary N) is 1. The van der Waals surface area contributed by atoms with Gasteiger partial charge in [0.25, 0.3) is 5.92 Å². The molecule has 3 rings (SSSR count). The lowest BCUT2D eigenvalue weighted by molar-refractivity contribution is -0.0953. The molecule has 2 fully saturated rings. The lowest BCUT2D eigenvalue weighted by Crippen LogP contribution is -2.59. The number of halogens is 3. The molecule has 162 valence electrons. The zero-order valence-corrected chi connectivity index (χ0v) is 17.0. The Balaban J connectivity index is 1.67. The molecule has 1 heterocycles. The Labute approximate surface area is 169 Å². The van der Waals surface area contributed by atoms with Gasteiger partial charge in [0.05, 0.1) is 18.7 Å². The molecule has 2 N–H and O–H groups in total. The van der Waals surface area contributed by atoms with Crippen molar-refractivity contribution in [2.75, 3.05) is 13.1 Å². The first-order valence-electron chi connectivity index (χ1n) is 9.97. The first-order valence-corrected chi connectivity index (χ1v) is 9.97. The van der Waals surface area contributed by atoms with Crippen LogP contribution in [0.1, 0.15) is 51.5 Å². The number of carbonyl (C=O) groups is 1. The number of alkyl halides is 2. The summed E-state index contributed by atoms with van der Waals surface area (Å²) in [4.78, 5) is 13.6. The molecular weight excluding hydrogens is 385 g/mol. The molecule has 1 amide bonds. The van der Waals surface area contributed by atoms with Crippen molar-refractivity contribution in [3.8, 4) is 0 Å². The van der Waals surface area contributed by atoms with Crippen molar-refractivity contribution in [2.45, 2.75) is 75.7 Å². The molecule has 5 nitrogen and oxygen atoms in total. The topological polar surface area (TPSA) is 61.8 Å². The number of aliphatic hydroxyl groups is 1. The number of amides is 1. The molecular formula is C21H29F3N2O3. The van der Waals surface area contributed by atoms with Crippen molar-refractivity contribution < 1.29 is 27.8 Å². The van der Waals surface area contributed by atoms with Crippen LogP contribution in [0.3, 0.4) is 0 Å². The molecule has 1 aliphatic heterocycles. The van der Waals surface area contributed by atoms with Gasteiger partial charge >= 0.3 is 6.09 Å². The van der Waals surface area contributed by atoms with Gasteiger partial charge in [0.2, 0.25) is 0 Å². The summed E-state index contributed by atoms with van der Waals surface area (Å²) in [6.07, 6.45) is -1.02. The standard InChI is InChI=1S/C21H29F3N2O3/c1-20(2,3)29-19(28)25-16-10-21(23,24)12-26(11-16)17-8-14(9-18(17)27)13-4-6-15(22)7-5-13/h4-7,14,16-18,27H,8-12H2,1-3H3,(H,25,28). The summed E-state index contributed by atoms with van der Waals surface area (Å²) < 4.78 is 47.1. The summed E-state index contributed by atoms with van der Waals surface area (Å²) in [5.74, 6) is -3.34. The van der Waals surface area contributed by atoms with E-state index in [0.717, 1.165) is 5.56 Å². The van der Waals surface area contributed by atoms with E-state index in [-0.39, 0.29) is 18.3 Å². The number of benzene rings is 1. The third kappa shape index (κ3) is 5.85. The highest BCUT2D eigenvalue weighted by Gasteiger charge is 2.47. The molecule has 2 aliphatic rings. The Morgan fingerprint density at radius 3 is 2.52 bits per heavy atom. The average Bonchev–Trinajstić information content (AvgIpc) is 2.94. The number of aliphatic hydroxyl groups excluding tert-OH is 1. The first kappa shape index (κ1) is 21.9. The van der Waals surface area contributed by atoms with Crippen LogP contribution in [0.4, 0.5) is 18.0 Å². The Morgan fingerprint density at radius 1 is 1.24 bits per heavy atom. The van der Waals surface area contributed by atoms with Crippen molar-refractivity contribution in [3.05, 3.63) is 35.6 Å². The number of alkyl carbamates (subject to hydrolysis) is 1. The minimum absolute atomic E-state index is 0.0246. The van der Waals surface area contributed by atoms with E-state index < -0.39 is 48.8 Å². The van der Waals surface area contributed by atoms with Gasteiger partial charge in [-0.2, -0.15) is 0 Å². The van der Waals surface area contributed by atoms with Crippen LogP contribution >= 0.6 is 0 Å². The van der Waals surface area contributed by atoms with Gasteiger partial charge in [-0.05, 0) is 57.2 Å². The second-order valence-electron chi connectivity index (χ2n) is 9.19. The number of nitrogens with zero attached hydrogens (tertiary/aromatic N) is 1. The molecule has 1 saturated heterocycles. The van der Waals surface area contributed by atoms with Gasteiger partial charge in [-0.15, -0.1) is 0 Å². The van der Waals surface area contributed by atoms with Gasteiger partial charge in [-0.3, -0.25) is 4.90 Å². The summed E-state index contributed by atoms with van der Waals surface area (Å²) in [6, 6.07) is 4.86. The Hall–Kier alpha value is -1.80. The molecule has 1 aromatic rings. The molecule has 0 aromatic heterocycles. The van der Waals surface area contributed by atoms with Crippen LogP contribution in [-0.4, -0.2) is 58.9 Å². The summed E-state index contributed by atoms with van der Waals surface area (Å²) in [5, 5.41) is 13.1. The van der Waals surface area contributed by atoms with E-state index in [9.17, 15) is 23.1 Å². The third-order valence-electron chi connectivity index (χ3n) is 5.46. The number of piperidine rings is 1. The van der Waals surface area contributed by atoms with Crippen molar-refractivity contribution in [1.29, 1.82) is 0 Å². The highest BCUT2D eigenvalue weighted by Crippen LogP contribution is 2.39. The van der Waals surface area contributed by atoms with Gasteiger partial charge in [0.15, 0.2) is 0 Å². The third-order valence-corrected chi connectivity index (χ3v) is 5.46. The molecule has 4 atom stereocenters. The Bertz CT molecular complexity index is 721. The van der Waals surface area contributed by atoms with Crippen molar-refractivity contribution in [3.63, 3.8) is 0 Å². The van der Waals surface area contributed by atoms with Crippen molar-refractivity contribution in [1.82, 2.24) is 10.2 Å². The fourth-order valence-electron chi connectivity index (χ4n) is 4.35. The fraction of sp³-hybridized carbons (Fsp3) is 0.667. The predicted molar refractivity (Wildman–Crippen MR) is 102 cm³/mol. The van der Waals surface area contributed by atoms with E-state index in [1.54, 1.807) is 37.8 Å². The van der Waals surface area contributed by atoms with E-state index in [1.807, 2.05) is 0 Å². The molecule has 1 aromatic carbocycles. The molecule has 0 bridgehead atoms. The Morgan fingerprint density at radius 2 is 1.90 bits per heavy atom. The molecule has 4 unspecified atom stereocenters. The minimum Gasteiger partial charge on any atom is -0.444 e. The largest absolute Gasteiger partial charge is 0.444 e. The van der Waals surface area contributed by atoms with Gasteiger partial charge in [0.1, 0.15) is 11.4 Å². The zero-order chi connectivity index (χ0) is 21.4. The van der Waals surface area contributed by atoms with Gasteiger partial charge < -0.3 is 15.2 Å². The SMILES string of the molecule is CC(C)(C)OC(=O)NC1CN(C2CC(c3ccc(F)cc3)CC2O)CC(F)(F)C1. The lowest BCUT2D eigenvalue weighted by atomic mass is 9.96. The van der Waals surface area contributed by atoms with Crippen LogP contribution in [0, 0.1) is 5.82 Å². The summed E-state index contributed by atoms with van der Waals surface area (Å²) in [6.45, 7) is 4.88. The molecule has 0 spiro atoms.